The minimum Gasteiger partial charge on any atom is -0.321 e. The Bertz CT molecular complexity index is 942. The summed E-state index contributed by atoms with van der Waals surface area (Å²) in [5.74, 6) is 0.0796. The summed E-state index contributed by atoms with van der Waals surface area (Å²) in [6, 6.07) is 15.9. The average Bonchev–Trinajstić information content (AvgIpc) is 3.17. The van der Waals surface area contributed by atoms with Crippen molar-refractivity contribution in [3.8, 4) is 0 Å². The molecule has 0 saturated carbocycles. The van der Waals surface area contributed by atoms with Gasteiger partial charge in [0.1, 0.15) is 0 Å². The molecule has 0 atom stereocenters. The Morgan fingerprint density at radius 3 is 2.58 bits per heavy atom. The normalized spacial score (nSPS) is 10.5. The van der Waals surface area contributed by atoms with Gasteiger partial charge in [-0.05, 0) is 47.8 Å². The molecule has 0 spiro atoms. The monoisotopic (exact) mass is 421 g/mol. The molecule has 0 aliphatic heterocycles. The van der Waals surface area contributed by atoms with Gasteiger partial charge in [-0.1, -0.05) is 35.3 Å². The first kappa shape index (κ1) is 19.0. The van der Waals surface area contributed by atoms with Gasteiger partial charge >= 0.3 is 0 Å². The summed E-state index contributed by atoms with van der Waals surface area (Å²) >= 11 is 14.6. The summed E-state index contributed by atoms with van der Waals surface area (Å²) in [5.41, 5.74) is 1.21. The number of benzene rings is 2. The van der Waals surface area contributed by atoms with Crippen molar-refractivity contribution in [3.05, 3.63) is 80.5 Å². The van der Waals surface area contributed by atoms with Gasteiger partial charge in [-0.2, -0.15) is 0 Å². The van der Waals surface area contributed by atoms with E-state index < -0.39 is 0 Å². The highest BCUT2D eigenvalue weighted by molar-refractivity contribution is 8.00. The van der Waals surface area contributed by atoms with Crippen LogP contribution in [-0.4, -0.2) is 17.4 Å². The van der Waals surface area contributed by atoms with Crippen molar-refractivity contribution in [1.82, 2.24) is 0 Å². The molecular weight excluding hydrogens is 409 g/mol. The van der Waals surface area contributed by atoms with Crippen molar-refractivity contribution >= 4 is 63.7 Å². The lowest BCUT2D eigenvalue weighted by Gasteiger charge is -2.07. The van der Waals surface area contributed by atoms with Crippen LogP contribution in [0.1, 0.15) is 20.0 Å². The number of halogens is 2. The van der Waals surface area contributed by atoms with Gasteiger partial charge in [0, 0.05) is 16.1 Å². The first-order chi connectivity index (χ1) is 12.5. The number of carbonyl (C=O) groups is 2. The van der Waals surface area contributed by atoms with Crippen molar-refractivity contribution < 1.29 is 9.59 Å². The van der Waals surface area contributed by atoms with E-state index in [0.29, 0.717) is 26.2 Å². The molecule has 1 N–H and O–H groups in total. The summed E-state index contributed by atoms with van der Waals surface area (Å²) < 4.78 is 0. The van der Waals surface area contributed by atoms with Gasteiger partial charge < -0.3 is 5.32 Å². The summed E-state index contributed by atoms with van der Waals surface area (Å²) in [6.45, 7) is 0. The topological polar surface area (TPSA) is 46.2 Å². The van der Waals surface area contributed by atoms with Crippen LogP contribution in [0.25, 0.3) is 0 Å². The largest absolute Gasteiger partial charge is 0.321 e. The van der Waals surface area contributed by atoms with E-state index >= 15 is 0 Å². The van der Waals surface area contributed by atoms with E-state index in [1.54, 1.807) is 24.3 Å². The Balaban J connectivity index is 1.62. The van der Waals surface area contributed by atoms with Gasteiger partial charge in [0.2, 0.25) is 0 Å². The van der Waals surface area contributed by atoms with Crippen molar-refractivity contribution in [2.24, 2.45) is 0 Å². The van der Waals surface area contributed by atoms with Gasteiger partial charge in [-0.3, -0.25) is 9.59 Å². The van der Waals surface area contributed by atoms with Gasteiger partial charge in [-0.15, -0.1) is 23.1 Å². The second kappa shape index (κ2) is 8.73. The number of amides is 1. The van der Waals surface area contributed by atoms with Gasteiger partial charge in [0.15, 0.2) is 5.78 Å². The summed E-state index contributed by atoms with van der Waals surface area (Å²) in [7, 11) is 0. The third-order valence-electron chi connectivity index (χ3n) is 3.45. The molecule has 3 nitrogen and oxygen atoms in total. The molecule has 2 aromatic carbocycles. The Morgan fingerprint density at radius 1 is 1.00 bits per heavy atom. The highest BCUT2D eigenvalue weighted by atomic mass is 35.5. The Hall–Kier alpha value is -1.79. The van der Waals surface area contributed by atoms with Crippen molar-refractivity contribution in [1.29, 1.82) is 0 Å². The quantitative estimate of drug-likeness (QED) is 0.376. The lowest BCUT2D eigenvalue weighted by atomic mass is 10.1. The average molecular weight is 422 g/mol. The summed E-state index contributed by atoms with van der Waals surface area (Å²) in [5, 5.41) is 5.50. The van der Waals surface area contributed by atoms with Crippen LogP contribution >= 0.6 is 46.3 Å². The van der Waals surface area contributed by atoms with Gasteiger partial charge in [0.05, 0.1) is 20.7 Å². The van der Waals surface area contributed by atoms with E-state index in [1.807, 2.05) is 35.7 Å². The number of rotatable bonds is 6. The molecule has 1 amide bonds. The first-order valence-electron chi connectivity index (χ1n) is 7.59. The molecule has 0 saturated heterocycles. The fraction of sp³-hybridized carbons (Fsp3) is 0.0526. The van der Waals surface area contributed by atoms with E-state index in [2.05, 4.69) is 5.32 Å². The molecule has 1 aromatic heterocycles. The fourth-order valence-corrected chi connectivity index (χ4v) is 3.93. The molecule has 0 unspecified atom stereocenters. The molecule has 26 heavy (non-hydrogen) atoms. The number of carbonyl (C=O) groups excluding carboxylic acids is 2. The lowest BCUT2D eigenvalue weighted by Crippen LogP contribution is -2.10. The maximum absolute atomic E-state index is 12.3. The Labute approximate surface area is 169 Å². The fourth-order valence-electron chi connectivity index (χ4n) is 2.17. The molecule has 3 rings (SSSR count). The van der Waals surface area contributed by atoms with Crippen LogP contribution in [0.2, 0.25) is 10.0 Å². The third kappa shape index (κ3) is 4.89. The maximum atomic E-state index is 12.3. The Morgan fingerprint density at radius 2 is 1.85 bits per heavy atom. The van der Waals surface area contributed by atoms with Gasteiger partial charge in [-0.25, -0.2) is 0 Å². The minimum atomic E-state index is -0.144. The van der Waals surface area contributed by atoms with Crippen LogP contribution in [-0.2, 0) is 0 Å². The second-order valence-electron chi connectivity index (χ2n) is 5.30. The molecule has 1 heterocycles. The number of thiophene rings is 1. The van der Waals surface area contributed by atoms with Crippen LogP contribution < -0.4 is 5.32 Å². The molecular formula is C19H13Cl2NO2S2. The van der Waals surface area contributed by atoms with E-state index in [-0.39, 0.29) is 17.4 Å². The van der Waals surface area contributed by atoms with E-state index in [4.69, 9.17) is 23.2 Å². The minimum absolute atomic E-state index is 0.0402. The number of nitrogens with one attached hydrogen (secondary N) is 1. The SMILES string of the molecule is O=C(CSc1cccc(NC(=O)c2cccs2)c1)c1ccc(Cl)c(Cl)c1. The van der Waals surface area contributed by atoms with E-state index in [1.165, 1.54) is 23.1 Å². The molecule has 7 heteroatoms. The predicted octanol–water partition coefficient (Wildman–Crippen LogP) is 6.28. The van der Waals surface area contributed by atoms with Crippen LogP contribution in [0.3, 0.4) is 0 Å². The van der Waals surface area contributed by atoms with Gasteiger partial charge in [0.25, 0.3) is 5.91 Å². The van der Waals surface area contributed by atoms with Crippen molar-refractivity contribution in [2.45, 2.75) is 4.90 Å². The maximum Gasteiger partial charge on any atom is 0.265 e. The van der Waals surface area contributed by atoms with Crippen molar-refractivity contribution in [2.75, 3.05) is 11.1 Å². The number of hydrogen-bond donors (Lipinski definition) is 1. The number of Topliss-reactive ketones (excluding diaryl/α,β-unsaturated/α-hetero) is 1. The summed E-state index contributed by atoms with van der Waals surface area (Å²) in [4.78, 5) is 26.0. The lowest BCUT2D eigenvalue weighted by molar-refractivity contribution is 0.101. The third-order valence-corrected chi connectivity index (χ3v) is 6.05. The van der Waals surface area contributed by atoms with Crippen molar-refractivity contribution in [3.63, 3.8) is 0 Å². The summed E-state index contributed by atoms with van der Waals surface area (Å²) in [6.07, 6.45) is 0. The van der Waals surface area contributed by atoms with E-state index in [9.17, 15) is 9.59 Å². The van der Waals surface area contributed by atoms with Crippen LogP contribution in [0.5, 0.6) is 0 Å². The zero-order chi connectivity index (χ0) is 18.5. The standard InChI is InChI=1S/C19H13Cl2NO2S2/c20-15-7-6-12(9-16(15)21)17(23)11-26-14-4-1-3-13(10-14)22-19(24)18-5-2-8-25-18/h1-10H,11H2,(H,22,24). The number of hydrogen-bond acceptors (Lipinski definition) is 4. The number of thioether (sulfide) groups is 1. The highest BCUT2D eigenvalue weighted by Crippen LogP contribution is 2.26. The highest BCUT2D eigenvalue weighted by Gasteiger charge is 2.10. The molecule has 0 aliphatic carbocycles. The van der Waals surface area contributed by atoms with Crippen LogP contribution in [0.4, 0.5) is 5.69 Å². The molecule has 0 aliphatic rings. The molecule has 3 aromatic rings. The molecule has 0 radical (unpaired) electrons. The second-order valence-corrected chi connectivity index (χ2v) is 8.11. The van der Waals surface area contributed by atoms with Crippen LogP contribution in [0, 0.1) is 0 Å². The van der Waals surface area contributed by atoms with E-state index in [0.717, 1.165) is 4.90 Å². The Kier molecular flexibility index (Phi) is 6.38. The first-order valence-corrected chi connectivity index (χ1v) is 10.2. The van der Waals surface area contributed by atoms with Crippen LogP contribution in [0.15, 0.2) is 64.9 Å². The number of ketones is 1. The zero-order valence-corrected chi connectivity index (χ0v) is 16.5. The molecule has 0 bridgehead atoms. The molecule has 132 valence electrons. The molecule has 0 fully saturated rings. The zero-order valence-electron chi connectivity index (χ0n) is 13.4. The predicted molar refractivity (Wildman–Crippen MR) is 110 cm³/mol. The smallest absolute Gasteiger partial charge is 0.265 e. The number of anilines is 1.